The predicted octanol–water partition coefficient (Wildman–Crippen LogP) is 4.90. The number of ether oxygens (including phenoxy) is 2. The van der Waals surface area contributed by atoms with Gasteiger partial charge in [0.05, 0.1) is 24.2 Å². The molecule has 0 radical (unpaired) electrons. The third kappa shape index (κ3) is 11.6. The van der Waals surface area contributed by atoms with E-state index in [9.17, 15) is 32.4 Å². The first kappa shape index (κ1) is 40.9. The van der Waals surface area contributed by atoms with Crippen LogP contribution in [-0.4, -0.2) is 91.0 Å². The summed E-state index contributed by atoms with van der Waals surface area (Å²) < 4.78 is 38.6. The SMILES string of the molecule is CC(=O)c1nc(-c2cccc(OCCCCCOC(=O)N[C@H]3CCCCC/C=C\C(C)C(C(=O)NS(=O)(=O)C4CC4)NC(=O)[C@@H]4CCCN4C3=O)c2)cs1. The van der Waals surface area contributed by atoms with Gasteiger partial charge in [0.15, 0.2) is 10.8 Å². The zero-order valence-corrected chi connectivity index (χ0v) is 32.6. The van der Waals surface area contributed by atoms with Crippen LogP contribution in [0.15, 0.2) is 41.8 Å². The van der Waals surface area contributed by atoms with Gasteiger partial charge >= 0.3 is 6.09 Å². The number of unbranched alkanes of at least 4 members (excludes halogenated alkanes) is 2. The van der Waals surface area contributed by atoms with Gasteiger partial charge in [0.1, 0.15) is 23.9 Å². The lowest BCUT2D eigenvalue weighted by atomic mass is 9.99. The molecule has 54 heavy (non-hydrogen) atoms. The highest BCUT2D eigenvalue weighted by Crippen LogP contribution is 2.28. The van der Waals surface area contributed by atoms with E-state index in [1.165, 1.54) is 23.2 Å². The summed E-state index contributed by atoms with van der Waals surface area (Å²) in [5.74, 6) is -1.60. The van der Waals surface area contributed by atoms with Crippen molar-refractivity contribution in [2.75, 3.05) is 19.8 Å². The van der Waals surface area contributed by atoms with E-state index in [4.69, 9.17) is 9.47 Å². The number of fused-ring (bicyclic) bond motifs is 1. The van der Waals surface area contributed by atoms with Gasteiger partial charge in [-0.05, 0) is 76.3 Å². The average molecular weight is 786 g/mol. The van der Waals surface area contributed by atoms with Gasteiger partial charge < -0.3 is 25.0 Å². The van der Waals surface area contributed by atoms with Gasteiger partial charge in [-0.15, -0.1) is 11.3 Å². The number of hydrogen-bond acceptors (Lipinski definition) is 11. The number of Topliss-reactive ketones (excluding diaryl/α,β-unsaturated/α-hetero) is 1. The molecule has 1 aliphatic carbocycles. The molecular formula is C38H51N5O9S2. The molecule has 14 nitrogen and oxygen atoms in total. The molecule has 2 aromatic rings. The number of alkyl carbamates (subject to hydrolysis) is 1. The van der Waals surface area contributed by atoms with Gasteiger partial charge in [-0.3, -0.25) is 23.9 Å². The monoisotopic (exact) mass is 785 g/mol. The maximum absolute atomic E-state index is 13.9. The van der Waals surface area contributed by atoms with E-state index in [-0.39, 0.29) is 12.4 Å². The van der Waals surface area contributed by atoms with E-state index >= 15 is 0 Å². The lowest BCUT2D eigenvalue weighted by Gasteiger charge is -2.30. The van der Waals surface area contributed by atoms with E-state index in [0.717, 1.165) is 36.9 Å². The summed E-state index contributed by atoms with van der Waals surface area (Å²) in [6, 6.07) is 4.62. The standard InChI is InChI=1S/C38H51N5O9S2/c1-25-13-7-4-3-5-8-16-30(37(47)43-20-12-17-32(43)34(45)41-33(25)35(46)42-54(49,50)29-18-19-29)40-38(48)52-22-10-6-9-21-51-28-15-11-14-27(23-28)31-24-53-36(39-31)26(2)44/h7,11,13-15,23-25,29-30,32-33H,3-6,8-10,12,16-22H2,1-2H3,(H,40,48)(H,41,45)(H,42,46)/b13-7-/t25?,30-,32-,33?/m0/s1. The van der Waals surface area contributed by atoms with E-state index in [0.29, 0.717) is 75.3 Å². The Morgan fingerprint density at radius 3 is 2.57 bits per heavy atom. The zero-order chi connectivity index (χ0) is 38.7. The number of hydrogen-bond donors (Lipinski definition) is 3. The van der Waals surface area contributed by atoms with Gasteiger partial charge in [-0.1, -0.05) is 44.1 Å². The van der Waals surface area contributed by atoms with Crippen LogP contribution in [0.3, 0.4) is 0 Å². The first-order valence-corrected chi connectivity index (χ1v) is 21.3. The van der Waals surface area contributed by atoms with Crippen molar-refractivity contribution in [1.82, 2.24) is 25.2 Å². The number of carbonyl (C=O) groups excluding carboxylic acids is 5. The lowest BCUT2D eigenvalue weighted by molar-refractivity contribution is -0.141. The Morgan fingerprint density at radius 2 is 1.81 bits per heavy atom. The number of ketones is 1. The van der Waals surface area contributed by atoms with Crippen molar-refractivity contribution < 1.29 is 41.9 Å². The topological polar surface area (TPSA) is 190 Å². The fourth-order valence-electron chi connectivity index (χ4n) is 6.55. The molecule has 3 heterocycles. The van der Waals surface area contributed by atoms with Crippen molar-refractivity contribution in [3.05, 3.63) is 46.8 Å². The van der Waals surface area contributed by atoms with Crippen LogP contribution in [0.5, 0.6) is 5.75 Å². The van der Waals surface area contributed by atoms with Crippen LogP contribution in [0.4, 0.5) is 4.79 Å². The number of benzene rings is 1. The fraction of sp³-hybridized carbons (Fsp3) is 0.579. The number of carbonyl (C=O) groups is 5. The highest BCUT2D eigenvalue weighted by Gasteiger charge is 2.42. The first-order chi connectivity index (χ1) is 25.9. The summed E-state index contributed by atoms with van der Waals surface area (Å²) in [5.41, 5.74) is 1.59. The summed E-state index contributed by atoms with van der Waals surface area (Å²) in [6.07, 6.45) is 10.4. The van der Waals surface area contributed by atoms with Crippen LogP contribution < -0.4 is 20.1 Å². The van der Waals surface area contributed by atoms with E-state index in [1.54, 1.807) is 6.92 Å². The average Bonchev–Trinajstić information content (AvgIpc) is 3.69. The molecule has 16 heteroatoms. The minimum atomic E-state index is -3.83. The minimum absolute atomic E-state index is 0.0691. The molecule has 0 bridgehead atoms. The lowest BCUT2D eigenvalue weighted by Crippen LogP contribution is -2.58. The maximum atomic E-state index is 13.9. The second-order valence-corrected chi connectivity index (χ2v) is 17.0. The molecule has 2 aliphatic heterocycles. The third-order valence-electron chi connectivity index (χ3n) is 9.77. The number of nitrogens with zero attached hydrogens (tertiary/aromatic N) is 2. The van der Waals surface area contributed by atoms with Crippen molar-refractivity contribution in [2.24, 2.45) is 5.92 Å². The predicted molar refractivity (Wildman–Crippen MR) is 203 cm³/mol. The Balaban J connectivity index is 1.10. The summed E-state index contributed by atoms with van der Waals surface area (Å²) in [7, 11) is -3.83. The normalized spacial score (nSPS) is 23.3. The van der Waals surface area contributed by atoms with Crippen LogP contribution in [0.25, 0.3) is 11.3 Å². The molecule has 2 unspecified atom stereocenters. The molecule has 5 rings (SSSR count). The molecule has 2 fully saturated rings. The molecular weight excluding hydrogens is 735 g/mol. The summed E-state index contributed by atoms with van der Waals surface area (Å²) in [4.78, 5) is 71.0. The Morgan fingerprint density at radius 1 is 1.02 bits per heavy atom. The van der Waals surface area contributed by atoms with E-state index in [1.807, 2.05) is 41.8 Å². The highest BCUT2D eigenvalue weighted by molar-refractivity contribution is 7.90. The van der Waals surface area contributed by atoms with E-state index in [2.05, 4.69) is 20.3 Å². The van der Waals surface area contributed by atoms with Crippen LogP contribution in [0.1, 0.15) is 101 Å². The number of nitrogens with one attached hydrogen (secondary N) is 3. The van der Waals surface area contributed by atoms with Gasteiger partial charge in [0.25, 0.3) is 5.91 Å². The van der Waals surface area contributed by atoms with Crippen molar-refractivity contribution in [3.8, 4) is 17.0 Å². The molecule has 1 aromatic carbocycles. The zero-order valence-electron chi connectivity index (χ0n) is 30.9. The molecule has 1 aromatic heterocycles. The molecule has 3 N–H and O–H groups in total. The number of aromatic nitrogens is 1. The Kier molecular flexibility index (Phi) is 14.6. The fourth-order valence-corrected chi connectivity index (χ4v) is 8.61. The number of amides is 4. The molecule has 0 spiro atoms. The van der Waals surface area contributed by atoms with Crippen LogP contribution in [0, 0.1) is 5.92 Å². The number of rotatable bonds is 13. The van der Waals surface area contributed by atoms with Crippen LogP contribution in [0.2, 0.25) is 0 Å². The van der Waals surface area contributed by atoms with Crippen molar-refractivity contribution >= 4 is 51.0 Å². The van der Waals surface area contributed by atoms with E-state index < -0.39 is 63.1 Å². The number of sulfonamides is 1. The van der Waals surface area contributed by atoms with Gasteiger partial charge in [0, 0.05) is 30.3 Å². The van der Waals surface area contributed by atoms with Crippen molar-refractivity contribution in [3.63, 3.8) is 0 Å². The van der Waals surface area contributed by atoms with Gasteiger partial charge in [-0.2, -0.15) is 0 Å². The quantitative estimate of drug-likeness (QED) is 0.143. The first-order valence-electron chi connectivity index (χ1n) is 18.9. The summed E-state index contributed by atoms with van der Waals surface area (Å²) >= 11 is 1.31. The molecule has 1 saturated heterocycles. The number of allylic oxidation sites excluding steroid dienone is 1. The third-order valence-corrected chi connectivity index (χ3v) is 12.5. The summed E-state index contributed by atoms with van der Waals surface area (Å²) in [6.45, 7) is 4.17. The highest BCUT2D eigenvalue weighted by atomic mass is 32.2. The molecule has 3 aliphatic rings. The van der Waals surface area contributed by atoms with Crippen molar-refractivity contribution in [1.29, 1.82) is 0 Å². The maximum Gasteiger partial charge on any atom is 0.407 e. The van der Waals surface area contributed by atoms with Crippen molar-refractivity contribution in [2.45, 2.75) is 114 Å². The summed E-state index contributed by atoms with van der Waals surface area (Å²) in [5, 5.41) is 7.20. The second-order valence-electron chi connectivity index (χ2n) is 14.2. The van der Waals surface area contributed by atoms with Gasteiger partial charge in [-0.25, -0.2) is 18.2 Å². The number of thiazole rings is 1. The van der Waals surface area contributed by atoms with Crippen LogP contribution in [-0.2, 0) is 29.1 Å². The molecule has 1 saturated carbocycles. The Labute approximate surface area is 320 Å². The molecule has 4 amide bonds. The Hall–Kier alpha value is -4.31. The Bertz CT molecular complexity index is 1790. The van der Waals surface area contributed by atoms with Gasteiger partial charge in [0.2, 0.25) is 21.8 Å². The minimum Gasteiger partial charge on any atom is -0.494 e. The smallest absolute Gasteiger partial charge is 0.407 e. The van der Waals surface area contributed by atoms with Crippen LogP contribution >= 0.6 is 11.3 Å². The largest absolute Gasteiger partial charge is 0.494 e. The molecule has 4 atom stereocenters. The second kappa shape index (κ2) is 19.3. The molecule has 294 valence electrons.